The Morgan fingerprint density at radius 1 is 1.43 bits per heavy atom. The van der Waals surface area contributed by atoms with Crippen molar-refractivity contribution in [3.8, 4) is 10.6 Å². The minimum atomic E-state index is -0.0605. The smallest absolute Gasteiger partial charge is 0.274 e. The quantitative estimate of drug-likeness (QED) is 0.789. The van der Waals surface area contributed by atoms with Crippen molar-refractivity contribution in [1.82, 2.24) is 19.5 Å². The van der Waals surface area contributed by atoms with Crippen LogP contribution in [0.25, 0.3) is 16.2 Å². The predicted molar refractivity (Wildman–Crippen MR) is 83.7 cm³/mol. The number of aryl methyl sites for hydroxylation is 1. The topological polar surface area (TPSA) is 51.3 Å². The molecule has 0 radical (unpaired) electrons. The van der Waals surface area contributed by atoms with E-state index in [2.05, 4.69) is 15.0 Å². The van der Waals surface area contributed by atoms with Crippen LogP contribution < -0.4 is 10.9 Å². The Morgan fingerprint density at radius 3 is 3.05 bits per heavy atom. The Kier molecular flexibility index (Phi) is 2.94. The van der Waals surface area contributed by atoms with Gasteiger partial charge in [-0.15, -0.1) is 11.3 Å². The number of fused-ring (bicyclic) bond motifs is 1. The zero-order valence-electron chi connectivity index (χ0n) is 11.7. The molecule has 1 saturated heterocycles. The highest BCUT2D eigenvalue weighted by atomic mass is 32.1. The summed E-state index contributed by atoms with van der Waals surface area (Å²) in [5.74, 6) is 0. The molecule has 0 saturated carbocycles. The molecule has 1 fully saturated rings. The van der Waals surface area contributed by atoms with Crippen molar-refractivity contribution in [2.45, 2.75) is 18.9 Å². The van der Waals surface area contributed by atoms with Crippen LogP contribution >= 0.6 is 11.3 Å². The van der Waals surface area contributed by atoms with Crippen molar-refractivity contribution in [1.29, 1.82) is 0 Å². The lowest BCUT2D eigenvalue weighted by Gasteiger charge is -2.16. The van der Waals surface area contributed by atoms with Gasteiger partial charge in [0.05, 0.1) is 4.88 Å². The Labute approximate surface area is 125 Å². The van der Waals surface area contributed by atoms with Crippen LogP contribution in [0.3, 0.4) is 0 Å². The summed E-state index contributed by atoms with van der Waals surface area (Å²) in [5, 5.41) is 9.93. The number of rotatable bonds is 2. The molecule has 3 aromatic rings. The SMILES string of the molecule is Cn1c(C2CCCN2)cc(=O)n2nc(-c3cccs3)cc12. The fourth-order valence-corrected chi connectivity index (χ4v) is 3.69. The fourth-order valence-electron chi connectivity index (χ4n) is 3.01. The van der Waals surface area contributed by atoms with Crippen LogP contribution in [0.4, 0.5) is 0 Å². The predicted octanol–water partition coefficient (Wildman–Crippen LogP) is 2.19. The van der Waals surface area contributed by atoms with Gasteiger partial charge in [-0.1, -0.05) is 6.07 Å². The largest absolute Gasteiger partial charge is 0.331 e. The summed E-state index contributed by atoms with van der Waals surface area (Å²) in [5.41, 5.74) is 2.68. The van der Waals surface area contributed by atoms with Gasteiger partial charge in [-0.25, -0.2) is 0 Å². The van der Waals surface area contributed by atoms with Gasteiger partial charge in [0.1, 0.15) is 11.3 Å². The summed E-state index contributed by atoms with van der Waals surface area (Å²) >= 11 is 1.63. The molecule has 3 aromatic heterocycles. The number of nitrogens with one attached hydrogen (secondary N) is 1. The zero-order valence-corrected chi connectivity index (χ0v) is 12.6. The molecule has 5 nitrogen and oxygen atoms in total. The zero-order chi connectivity index (χ0) is 14.4. The summed E-state index contributed by atoms with van der Waals surface area (Å²) in [4.78, 5) is 13.4. The van der Waals surface area contributed by atoms with E-state index in [1.807, 2.05) is 30.6 Å². The van der Waals surface area contributed by atoms with Crippen LogP contribution in [-0.4, -0.2) is 20.7 Å². The highest BCUT2D eigenvalue weighted by Crippen LogP contribution is 2.26. The minimum Gasteiger partial charge on any atom is -0.331 e. The van der Waals surface area contributed by atoms with E-state index in [1.54, 1.807) is 17.4 Å². The normalized spacial score (nSPS) is 18.6. The summed E-state index contributed by atoms with van der Waals surface area (Å²) in [6.07, 6.45) is 2.24. The fraction of sp³-hybridized carbons (Fsp3) is 0.333. The molecule has 0 amide bonds. The van der Waals surface area contributed by atoms with E-state index in [0.717, 1.165) is 41.3 Å². The third-order valence-corrected chi connectivity index (χ3v) is 4.98. The summed E-state index contributed by atoms with van der Waals surface area (Å²) < 4.78 is 3.57. The number of nitrogens with zero attached hydrogens (tertiary/aromatic N) is 3. The number of hydrogen-bond acceptors (Lipinski definition) is 4. The monoisotopic (exact) mass is 300 g/mol. The van der Waals surface area contributed by atoms with Crippen molar-refractivity contribution in [3.63, 3.8) is 0 Å². The van der Waals surface area contributed by atoms with Gasteiger partial charge in [0.25, 0.3) is 5.56 Å². The molecule has 1 aliphatic rings. The molecule has 0 spiro atoms. The number of aromatic nitrogens is 3. The molecule has 6 heteroatoms. The van der Waals surface area contributed by atoms with E-state index in [-0.39, 0.29) is 11.6 Å². The molecule has 21 heavy (non-hydrogen) atoms. The molecule has 4 rings (SSSR count). The van der Waals surface area contributed by atoms with E-state index in [9.17, 15) is 4.79 Å². The molecule has 0 bridgehead atoms. The summed E-state index contributed by atoms with van der Waals surface area (Å²) in [6.45, 7) is 1.02. The van der Waals surface area contributed by atoms with Crippen LogP contribution in [0.15, 0.2) is 34.4 Å². The van der Waals surface area contributed by atoms with E-state index in [1.165, 1.54) is 4.52 Å². The third-order valence-electron chi connectivity index (χ3n) is 4.09. The van der Waals surface area contributed by atoms with E-state index in [0.29, 0.717) is 0 Å². The van der Waals surface area contributed by atoms with Gasteiger partial charge < -0.3 is 9.88 Å². The van der Waals surface area contributed by atoms with Crippen LogP contribution in [0, 0.1) is 0 Å². The molecular formula is C15H16N4OS. The number of thiophene rings is 1. The first-order valence-electron chi connectivity index (χ1n) is 7.11. The maximum absolute atomic E-state index is 12.4. The van der Waals surface area contributed by atoms with E-state index in [4.69, 9.17) is 0 Å². The lowest BCUT2D eigenvalue weighted by molar-refractivity contribution is 0.590. The van der Waals surface area contributed by atoms with Gasteiger partial charge in [0.2, 0.25) is 0 Å². The molecular weight excluding hydrogens is 284 g/mol. The van der Waals surface area contributed by atoms with Crippen molar-refractivity contribution < 1.29 is 0 Å². The first-order valence-corrected chi connectivity index (χ1v) is 7.99. The lowest BCUT2D eigenvalue weighted by atomic mass is 10.1. The Balaban J connectivity index is 1.92. The van der Waals surface area contributed by atoms with Crippen molar-refractivity contribution in [2.75, 3.05) is 6.54 Å². The molecule has 0 aliphatic carbocycles. The molecule has 0 aromatic carbocycles. The number of hydrogen-bond donors (Lipinski definition) is 1. The van der Waals surface area contributed by atoms with Crippen LogP contribution in [-0.2, 0) is 7.05 Å². The maximum Gasteiger partial charge on any atom is 0.274 e. The molecule has 1 unspecified atom stereocenters. The molecule has 1 atom stereocenters. The average Bonchev–Trinajstić information content (AvgIpc) is 3.23. The van der Waals surface area contributed by atoms with Gasteiger partial charge in [0.15, 0.2) is 0 Å². The molecule has 1 aliphatic heterocycles. The summed E-state index contributed by atoms with van der Waals surface area (Å²) in [6, 6.07) is 7.99. The average molecular weight is 300 g/mol. The van der Waals surface area contributed by atoms with Crippen LogP contribution in [0.1, 0.15) is 24.6 Å². The molecule has 108 valence electrons. The minimum absolute atomic E-state index is 0.0605. The van der Waals surface area contributed by atoms with Gasteiger partial charge in [-0.3, -0.25) is 4.79 Å². The maximum atomic E-state index is 12.4. The lowest BCUT2D eigenvalue weighted by Crippen LogP contribution is -2.24. The van der Waals surface area contributed by atoms with Gasteiger partial charge in [-0.2, -0.15) is 9.61 Å². The summed E-state index contributed by atoms with van der Waals surface area (Å²) in [7, 11) is 2.00. The second-order valence-electron chi connectivity index (χ2n) is 5.39. The molecule has 4 heterocycles. The van der Waals surface area contributed by atoms with Gasteiger partial charge in [-0.05, 0) is 30.8 Å². The van der Waals surface area contributed by atoms with Gasteiger partial charge in [0, 0.05) is 30.9 Å². The third kappa shape index (κ3) is 2.02. The van der Waals surface area contributed by atoms with E-state index >= 15 is 0 Å². The Bertz CT molecular complexity index is 841. The second kappa shape index (κ2) is 4.82. The Morgan fingerprint density at radius 2 is 2.33 bits per heavy atom. The standard InChI is InChI=1S/C15H16N4OS/c1-18-12(10-4-2-6-16-10)9-15(20)19-14(18)8-11(17-19)13-5-3-7-21-13/h3,5,7-10,16H,2,4,6H2,1H3. The Hall–Kier alpha value is -1.92. The first kappa shape index (κ1) is 12.8. The van der Waals surface area contributed by atoms with Gasteiger partial charge >= 0.3 is 0 Å². The van der Waals surface area contributed by atoms with Crippen molar-refractivity contribution >= 4 is 17.0 Å². The highest BCUT2D eigenvalue weighted by molar-refractivity contribution is 7.13. The second-order valence-corrected chi connectivity index (χ2v) is 6.34. The van der Waals surface area contributed by atoms with Crippen molar-refractivity contribution in [3.05, 3.63) is 45.7 Å². The van der Waals surface area contributed by atoms with Crippen LogP contribution in [0.2, 0.25) is 0 Å². The molecule has 1 N–H and O–H groups in total. The van der Waals surface area contributed by atoms with Crippen LogP contribution in [0.5, 0.6) is 0 Å². The highest BCUT2D eigenvalue weighted by Gasteiger charge is 2.21. The van der Waals surface area contributed by atoms with Crippen molar-refractivity contribution in [2.24, 2.45) is 7.05 Å². The first-order chi connectivity index (χ1) is 10.2. The van der Waals surface area contributed by atoms with E-state index < -0.39 is 0 Å².